The van der Waals surface area contributed by atoms with E-state index in [2.05, 4.69) is 38.1 Å². The van der Waals surface area contributed by atoms with Crippen molar-refractivity contribution in [2.45, 2.75) is 25.7 Å². The van der Waals surface area contributed by atoms with E-state index < -0.39 is 0 Å². The van der Waals surface area contributed by atoms with Gasteiger partial charge in [-0.2, -0.15) is 0 Å². The van der Waals surface area contributed by atoms with Gasteiger partial charge in [0.05, 0.1) is 0 Å². The van der Waals surface area contributed by atoms with Gasteiger partial charge >= 0.3 is 0 Å². The fraction of sp³-hybridized carbons (Fsp3) is 0.500. The van der Waals surface area contributed by atoms with Gasteiger partial charge in [0.2, 0.25) is 0 Å². The molecule has 0 saturated heterocycles. The van der Waals surface area contributed by atoms with E-state index in [1.807, 2.05) is 0 Å². The van der Waals surface area contributed by atoms with E-state index in [4.69, 9.17) is 10.8 Å². The molecule has 3 N–H and O–H groups in total. The highest BCUT2D eigenvalue weighted by Gasteiger charge is 2.23. The molecule has 14 heavy (non-hydrogen) atoms. The average Bonchev–Trinajstić information content (AvgIpc) is 2.19. The van der Waals surface area contributed by atoms with Crippen molar-refractivity contribution in [3.63, 3.8) is 0 Å². The topological polar surface area (TPSA) is 46.2 Å². The molecule has 78 valence electrons. The number of rotatable bonds is 4. The van der Waals surface area contributed by atoms with Crippen LogP contribution in [0.15, 0.2) is 24.3 Å². The normalized spacial score (nSPS) is 15.1. The van der Waals surface area contributed by atoms with Gasteiger partial charge in [0.1, 0.15) is 0 Å². The summed E-state index contributed by atoms with van der Waals surface area (Å²) in [5.41, 5.74) is 8.11. The molecule has 0 radical (unpaired) electrons. The number of aliphatic hydroxyl groups excluding tert-OH is 1. The van der Waals surface area contributed by atoms with Gasteiger partial charge in [0.15, 0.2) is 0 Å². The molecule has 0 bridgehead atoms. The second-order valence-electron chi connectivity index (χ2n) is 4.10. The van der Waals surface area contributed by atoms with Crippen molar-refractivity contribution in [3.8, 4) is 0 Å². The fourth-order valence-corrected chi connectivity index (χ4v) is 1.57. The lowest BCUT2D eigenvalue weighted by Crippen LogP contribution is -2.32. The van der Waals surface area contributed by atoms with E-state index in [1.165, 1.54) is 11.1 Å². The summed E-state index contributed by atoms with van der Waals surface area (Å²) in [6, 6.07) is 8.36. The first-order valence-corrected chi connectivity index (χ1v) is 5.00. The summed E-state index contributed by atoms with van der Waals surface area (Å²) in [5.74, 6) is 0. The van der Waals surface area contributed by atoms with Crippen molar-refractivity contribution < 1.29 is 5.11 Å². The van der Waals surface area contributed by atoms with Crippen molar-refractivity contribution in [1.82, 2.24) is 0 Å². The summed E-state index contributed by atoms with van der Waals surface area (Å²) >= 11 is 0. The molecular weight excluding hydrogens is 174 g/mol. The van der Waals surface area contributed by atoms with Crippen LogP contribution in [0.2, 0.25) is 0 Å². The van der Waals surface area contributed by atoms with E-state index in [9.17, 15) is 0 Å². The van der Waals surface area contributed by atoms with Gasteiger partial charge in [-0.25, -0.2) is 0 Å². The zero-order valence-electron chi connectivity index (χ0n) is 8.96. The summed E-state index contributed by atoms with van der Waals surface area (Å²) in [5, 5.41) is 8.99. The Balaban J connectivity index is 2.94. The van der Waals surface area contributed by atoms with Crippen LogP contribution < -0.4 is 5.73 Å². The Bertz CT molecular complexity index is 281. The maximum atomic E-state index is 8.99. The molecule has 2 nitrogen and oxygen atoms in total. The Morgan fingerprint density at radius 1 is 1.29 bits per heavy atom. The van der Waals surface area contributed by atoms with E-state index in [-0.39, 0.29) is 12.0 Å². The number of benzene rings is 1. The van der Waals surface area contributed by atoms with Crippen LogP contribution in [0.1, 0.15) is 24.5 Å². The number of hydrogen-bond acceptors (Lipinski definition) is 2. The Kier molecular flexibility index (Phi) is 3.67. The summed E-state index contributed by atoms with van der Waals surface area (Å²) in [7, 11) is 0. The molecule has 0 aliphatic rings. The molecule has 0 heterocycles. The van der Waals surface area contributed by atoms with E-state index in [0.29, 0.717) is 13.0 Å². The van der Waals surface area contributed by atoms with Gasteiger partial charge < -0.3 is 10.8 Å². The SMILES string of the molecule is Cc1ccc(C(C)(CN)CCO)cc1. The molecule has 2 heteroatoms. The Hall–Kier alpha value is -0.860. The van der Waals surface area contributed by atoms with Crippen molar-refractivity contribution in [2.75, 3.05) is 13.2 Å². The highest BCUT2D eigenvalue weighted by Crippen LogP contribution is 2.26. The Morgan fingerprint density at radius 2 is 1.86 bits per heavy atom. The van der Waals surface area contributed by atoms with Gasteiger partial charge in [-0.15, -0.1) is 0 Å². The van der Waals surface area contributed by atoms with Crippen molar-refractivity contribution >= 4 is 0 Å². The lowest BCUT2D eigenvalue weighted by Gasteiger charge is -2.27. The molecule has 0 aromatic heterocycles. The molecule has 0 aliphatic carbocycles. The Labute approximate surface area is 85.8 Å². The highest BCUT2D eigenvalue weighted by molar-refractivity contribution is 5.28. The molecule has 0 amide bonds. The van der Waals surface area contributed by atoms with Crippen molar-refractivity contribution in [2.24, 2.45) is 5.73 Å². The number of aliphatic hydroxyl groups is 1. The van der Waals surface area contributed by atoms with Crippen LogP contribution in [0.25, 0.3) is 0 Å². The highest BCUT2D eigenvalue weighted by atomic mass is 16.3. The molecule has 1 unspecified atom stereocenters. The third-order valence-electron chi connectivity index (χ3n) is 2.86. The third-order valence-corrected chi connectivity index (χ3v) is 2.86. The average molecular weight is 193 g/mol. The summed E-state index contributed by atoms with van der Waals surface area (Å²) in [6.07, 6.45) is 0.715. The summed E-state index contributed by atoms with van der Waals surface area (Å²) in [6.45, 7) is 4.90. The Morgan fingerprint density at radius 3 is 2.29 bits per heavy atom. The maximum absolute atomic E-state index is 8.99. The van der Waals surface area contributed by atoms with Gasteiger partial charge in [-0.1, -0.05) is 36.8 Å². The van der Waals surface area contributed by atoms with E-state index in [1.54, 1.807) is 0 Å². The number of aryl methyl sites for hydroxylation is 1. The lowest BCUT2D eigenvalue weighted by molar-refractivity contribution is 0.247. The molecule has 0 saturated carbocycles. The zero-order valence-corrected chi connectivity index (χ0v) is 8.96. The lowest BCUT2D eigenvalue weighted by atomic mass is 9.79. The van der Waals surface area contributed by atoms with Crippen LogP contribution in [0.5, 0.6) is 0 Å². The first-order chi connectivity index (χ1) is 6.62. The molecule has 1 atom stereocenters. The minimum atomic E-state index is -0.0948. The molecule has 0 spiro atoms. The second kappa shape index (κ2) is 4.58. The molecule has 1 aromatic rings. The van der Waals surface area contributed by atoms with Crippen LogP contribution in [0.4, 0.5) is 0 Å². The quantitative estimate of drug-likeness (QED) is 0.763. The van der Waals surface area contributed by atoms with Gasteiger partial charge in [0.25, 0.3) is 0 Å². The monoisotopic (exact) mass is 193 g/mol. The molecule has 0 aliphatic heterocycles. The van der Waals surface area contributed by atoms with Crippen LogP contribution >= 0.6 is 0 Å². The van der Waals surface area contributed by atoms with E-state index >= 15 is 0 Å². The van der Waals surface area contributed by atoms with Gasteiger partial charge in [0, 0.05) is 18.6 Å². The molecule has 1 rings (SSSR count). The van der Waals surface area contributed by atoms with Crippen LogP contribution in [-0.2, 0) is 5.41 Å². The second-order valence-corrected chi connectivity index (χ2v) is 4.10. The minimum absolute atomic E-state index is 0.0948. The molecule has 0 fully saturated rings. The third kappa shape index (κ3) is 2.34. The largest absolute Gasteiger partial charge is 0.396 e. The maximum Gasteiger partial charge on any atom is 0.0439 e. The molecule has 1 aromatic carbocycles. The number of nitrogens with two attached hydrogens (primary N) is 1. The standard InChI is InChI=1S/C12H19NO/c1-10-3-5-11(6-4-10)12(2,9-13)7-8-14/h3-6,14H,7-9,13H2,1-2H3. The first kappa shape index (κ1) is 11.2. The molecular formula is C12H19NO. The minimum Gasteiger partial charge on any atom is -0.396 e. The summed E-state index contributed by atoms with van der Waals surface area (Å²) in [4.78, 5) is 0. The van der Waals surface area contributed by atoms with E-state index in [0.717, 1.165) is 0 Å². The predicted molar refractivity (Wildman–Crippen MR) is 59.3 cm³/mol. The zero-order chi connectivity index (χ0) is 10.6. The van der Waals surface area contributed by atoms with Gasteiger partial charge in [-0.3, -0.25) is 0 Å². The van der Waals surface area contributed by atoms with Crippen LogP contribution in [-0.4, -0.2) is 18.3 Å². The van der Waals surface area contributed by atoms with Crippen molar-refractivity contribution in [3.05, 3.63) is 35.4 Å². The fourth-order valence-electron chi connectivity index (χ4n) is 1.57. The smallest absolute Gasteiger partial charge is 0.0439 e. The number of hydrogen-bond donors (Lipinski definition) is 2. The van der Waals surface area contributed by atoms with Crippen molar-refractivity contribution in [1.29, 1.82) is 0 Å². The van der Waals surface area contributed by atoms with Crippen LogP contribution in [0, 0.1) is 6.92 Å². The van der Waals surface area contributed by atoms with Gasteiger partial charge in [-0.05, 0) is 18.9 Å². The predicted octanol–water partition coefficient (Wildman–Crippen LogP) is 1.59. The van der Waals surface area contributed by atoms with Crippen LogP contribution in [0.3, 0.4) is 0 Å². The first-order valence-electron chi connectivity index (χ1n) is 5.00. The summed E-state index contributed by atoms with van der Waals surface area (Å²) < 4.78 is 0.